The summed E-state index contributed by atoms with van der Waals surface area (Å²) in [5.74, 6) is -6.19. The maximum absolute atomic E-state index is 11.0. The molecule has 10 nitrogen and oxygen atoms in total. The molecule has 0 saturated carbocycles. The zero-order valence-corrected chi connectivity index (χ0v) is 11.8. The van der Waals surface area contributed by atoms with Gasteiger partial charge in [-0.05, 0) is 0 Å². The van der Waals surface area contributed by atoms with E-state index in [0.29, 0.717) is 22.7 Å². The SMILES string of the molecule is O=C(O)c1nc(-c2nc(C(=O)O)c(C(=O)O)s2)sc1C(=O)O. The molecule has 12 heteroatoms. The summed E-state index contributed by atoms with van der Waals surface area (Å²) in [7, 11) is 0. The highest BCUT2D eigenvalue weighted by molar-refractivity contribution is 7.23. The first-order valence-corrected chi connectivity index (χ1v) is 6.80. The molecule has 0 atom stereocenters. The van der Waals surface area contributed by atoms with E-state index in [9.17, 15) is 19.2 Å². The van der Waals surface area contributed by atoms with Crippen molar-refractivity contribution in [2.75, 3.05) is 0 Å². The van der Waals surface area contributed by atoms with Gasteiger partial charge in [0.15, 0.2) is 21.4 Å². The Morgan fingerprint density at radius 2 is 0.955 bits per heavy atom. The predicted molar refractivity (Wildman–Crippen MR) is 71.1 cm³/mol. The Labute approximate surface area is 127 Å². The van der Waals surface area contributed by atoms with Crippen molar-refractivity contribution in [1.29, 1.82) is 0 Å². The summed E-state index contributed by atoms with van der Waals surface area (Å²) in [5.41, 5.74) is -1.45. The molecule has 0 aliphatic rings. The summed E-state index contributed by atoms with van der Waals surface area (Å²) in [6.07, 6.45) is 0. The van der Waals surface area contributed by atoms with Gasteiger partial charge in [0.1, 0.15) is 9.75 Å². The van der Waals surface area contributed by atoms with Crippen LogP contribution in [0.4, 0.5) is 0 Å². The number of hydrogen-bond donors (Lipinski definition) is 4. The number of hydrogen-bond acceptors (Lipinski definition) is 8. The number of rotatable bonds is 5. The molecule has 0 amide bonds. The van der Waals surface area contributed by atoms with E-state index in [2.05, 4.69) is 9.97 Å². The third-order valence-electron chi connectivity index (χ3n) is 2.23. The lowest BCUT2D eigenvalue weighted by molar-refractivity contribution is 0.0651. The summed E-state index contributed by atoms with van der Waals surface area (Å²) in [5, 5.41) is 35.2. The molecule has 0 fully saturated rings. The number of nitrogens with zero attached hydrogens (tertiary/aromatic N) is 2. The lowest BCUT2D eigenvalue weighted by atomic mass is 10.3. The highest BCUT2D eigenvalue weighted by Gasteiger charge is 2.28. The van der Waals surface area contributed by atoms with E-state index in [1.165, 1.54) is 0 Å². The van der Waals surface area contributed by atoms with E-state index in [4.69, 9.17) is 20.4 Å². The van der Waals surface area contributed by atoms with Gasteiger partial charge in [-0.2, -0.15) is 0 Å². The van der Waals surface area contributed by atoms with Crippen LogP contribution in [0.1, 0.15) is 40.3 Å². The van der Waals surface area contributed by atoms with Gasteiger partial charge in [-0.3, -0.25) is 0 Å². The van der Waals surface area contributed by atoms with Gasteiger partial charge in [0.25, 0.3) is 0 Å². The molecule has 2 aromatic rings. The lowest BCUT2D eigenvalue weighted by Crippen LogP contribution is -2.05. The third-order valence-corrected chi connectivity index (χ3v) is 4.46. The lowest BCUT2D eigenvalue weighted by Gasteiger charge is -1.88. The van der Waals surface area contributed by atoms with E-state index in [0.717, 1.165) is 0 Å². The molecule has 114 valence electrons. The van der Waals surface area contributed by atoms with Crippen LogP contribution in [-0.4, -0.2) is 54.3 Å². The molecule has 2 aromatic heterocycles. The Morgan fingerprint density at radius 1 is 0.636 bits per heavy atom. The summed E-state index contributed by atoms with van der Waals surface area (Å²) in [4.78, 5) is 49.8. The van der Waals surface area contributed by atoms with Gasteiger partial charge in [-0.15, -0.1) is 22.7 Å². The average molecular weight is 344 g/mol. The summed E-state index contributed by atoms with van der Waals surface area (Å²) >= 11 is 0.930. The highest BCUT2D eigenvalue weighted by Crippen LogP contribution is 2.33. The van der Waals surface area contributed by atoms with Crippen LogP contribution in [0.25, 0.3) is 10.0 Å². The summed E-state index contributed by atoms with van der Waals surface area (Å²) in [6.45, 7) is 0. The van der Waals surface area contributed by atoms with Crippen LogP contribution in [0.15, 0.2) is 0 Å². The Balaban J connectivity index is 2.62. The Kier molecular flexibility index (Phi) is 3.88. The maximum Gasteiger partial charge on any atom is 0.356 e. The molecular weight excluding hydrogens is 340 g/mol. The zero-order chi connectivity index (χ0) is 16.6. The summed E-state index contributed by atoms with van der Waals surface area (Å²) < 4.78 is 0. The fourth-order valence-corrected chi connectivity index (χ4v) is 3.21. The molecule has 0 unspecified atom stereocenters. The molecule has 0 aromatic carbocycles. The van der Waals surface area contributed by atoms with Crippen LogP contribution in [0.5, 0.6) is 0 Å². The normalized spacial score (nSPS) is 10.4. The van der Waals surface area contributed by atoms with Crippen molar-refractivity contribution >= 4 is 46.6 Å². The fraction of sp³-hybridized carbons (Fsp3) is 0. The quantitative estimate of drug-likeness (QED) is 0.613. The molecule has 0 spiro atoms. The molecular formula is C10H4N2O8S2. The standard InChI is InChI=1S/C10H4N2O8S2/c13-7(14)1-3(9(17)18)21-5(11-1)6-12-2(8(15)16)4(22-6)10(19)20/h(H,13,14)(H,15,16)(H,17,18)(H,19,20). The van der Waals surface area contributed by atoms with E-state index in [1.807, 2.05) is 0 Å². The van der Waals surface area contributed by atoms with E-state index in [-0.39, 0.29) is 10.0 Å². The van der Waals surface area contributed by atoms with Gasteiger partial charge < -0.3 is 20.4 Å². The minimum absolute atomic E-state index is 0.185. The first-order chi connectivity index (χ1) is 10.2. The monoisotopic (exact) mass is 344 g/mol. The second-order valence-corrected chi connectivity index (χ2v) is 5.61. The van der Waals surface area contributed by atoms with Gasteiger partial charge in [0, 0.05) is 0 Å². The first kappa shape index (κ1) is 15.5. The Hall–Kier alpha value is -2.86. The van der Waals surface area contributed by atoms with Crippen LogP contribution in [0.3, 0.4) is 0 Å². The molecule has 4 N–H and O–H groups in total. The van der Waals surface area contributed by atoms with Crippen molar-refractivity contribution in [3.63, 3.8) is 0 Å². The fourth-order valence-electron chi connectivity index (χ4n) is 1.40. The molecule has 0 aliphatic carbocycles. The molecule has 0 saturated heterocycles. The van der Waals surface area contributed by atoms with E-state index in [1.54, 1.807) is 0 Å². The number of thiazole rings is 2. The molecule has 2 rings (SSSR count). The number of aromatic nitrogens is 2. The molecule has 2 heterocycles. The minimum atomic E-state index is -1.58. The van der Waals surface area contributed by atoms with Crippen molar-refractivity contribution in [3.8, 4) is 10.0 Å². The Morgan fingerprint density at radius 3 is 1.14 bits per heavy atom. The zero-order valence-electron chi connectivity index (χ0n) is 10.1. The second-order valence-electron chi connectivity index (χ2n) is 3.61. The molecule has 22 heavy (non-hydrogen) atoms. The van der Waals surface area contributed by atoms with Crippen molar-refractivity contribution in [2.45, 2.75) is 0 Å². The maximum atomic E-state index is 11.0. The van der Waals surface area contributed by atoms with E-state index < -0.39 is 45.0 Å². The number of carboxylic acid groups (broad SMARTS) is 4. The largest absolute Gasteiger partial charge is 0.477 e. The van der Waals surface area contributed by atoms with Crippen LogP contribution in [0.2, 0.25) is 0 Å². The van der Waals surface area contributed by atoms with Crippen molar-refractivity contribution in [2.24, 2.45) is 0 Å². The van der Waals surface area contributed by atoms with Gasteiger partial charge in [0.05, 0.1) is 0 Å². The van der Waals surface area contributed by atoms with Crippen molar-refractivity contribution in [1.82, 2.24) is 9.97 Å². The van der Waals surface area contributed by atoms with Crippen LogP contribution >= 0.6 is 22.7 Å². The number of aromatic carboxylic acids is 4. The molecule has 0 bridgehead atoms. The second kappa shape index (κ2) is 5.50. The van der Waals surface area contributed by atoms with Gasteiger partial charge >= 0.3 is 23.9 Å². The van der Waals surface area contributed by atoms with E-state index >= 15 is 0 Å². The topological polar surface area (TPSA) is 175 Å². The van der Waals surface area contributed by atoms with Crippen molar-refractivity contribution < 1.29 is 39.6 Å². The van der Waals surface area contributed by atoms with Gasteiger partial charge in [0.2, 0.25) is 0 Å². The minimum Gasteiger partial charge on any atom is -0.477 e. The van der Waals surface area contributed by atoms with Gasteiger partial charge in [-0.25, -0.2) is 29.1 Å². The predicted octanol–water partition coefficient (Wildman–Crippen LogP) is 1.06. The summed E-state index contributed by atoms with van der Waals surface area (Å²) in [6, 6.07) is 0. The van der Waals surface area contributed by atoms with Crippen LogP contribution in [0, 0.1) is 0 Å². The first-order valence-electron chi connectivity index (χ1n) is 5.17. The number of carbonyl (C=O) groups is 4. The third kappa shape index (κ3) is 2.64. The van der Waals surface area contributed by atoms with Gasteiger partial charge in [-0.1, -0.05) is 0 Å². The Bertz CT molecular complexity index is 690. The average Bonchev–Trinajstić information content (AvgIpc) is 3.02. The molecule has 0 radical (unpaired) electrons. The molecule has 0 aliphatic heterocycles. The highest BCUT2D eigenvalue weighted by atomic mass is 32.1. The smallest absolute Gasteiger partial charge is 0.356 e. The van der Waals surface area contributed by atoms with Crippen LogP contribution in [-0.2, 0) is 0 Å². The number of carboxylic acids is 4. The van der Waals surface area contributed by atoms with Crippen molar-refractivity contribution in [3.05, 3.63) is 21.1 Å². The van der Waals surface area contributed by atoms with Crippen LogP contribution < -0.4 is 0 Å².